The van der Waals surface area contributed by atoms with Gasteiger partial charge in [-0.2, -0.15) is 0 Å². The minimum absolute atomic E-state index is 0.108. The summed E-state index contributed by atoms with van der Waals surface area (Å²) in [6.07, 6.45) is 3.97. The smallest absolute Gasteiger partial charge is 0.159 e. The van der Waals surface area contributed by atoms with Crippen molar-refractivity contribution in [3.8, 4) is 0 Å². The molecule has 0 atom stereocenters. The Labute approximate surface area is 85.5 Å². The molecule has 0 radical (unpaired) electrons. The Morgan fingerprint density at radius 2 is 2.21 bits per heavy atom. The van der Waals surface area contributed by atoms with Gasteiger partial charge in [0.1, 0.15) is 0 Å². The summed E-state index contributed by atoms with van der Waals surface area (Å²) in [4.78, 5) is 11.1. The van der Waals surface area contributed by atoms with Gasteiger partial charge in [-0.25, -0.2) is 0 Å². The molecule has 0 saturated heterocycles. The van der Waals surface area contributed by atoms with Crippen LogP contribution >= 0.6 is 0 Å². The van der Waals surface area contributed by atoms with Crippen LogP contribution in [0.25, 0.3) is 6.08 Å². The van der Waals surface area contributed by atoms with Crippen molar-refractivity contribution in [3.05, 3.63) is 41.5 Å². The van der Waals surface area contributed by atoms with E-state index in [4.69, 9.17) is 0 Å². The van der Waals surface area contributed by atoms with Crippen molar-refractivity contribution >= 4 is 11.9 Å². The molecule has 0 aliphatic rings. The molecule has 0 amide bonds. The maximum Gasteiger partial charge on any atom is 0.159 e. The van der Waals surface area contributed by atoms with Crippen molar-refractivity contribution < 1.29 is 4.79 Å². The highest BCUT2D eigenvalue weighted by atomic mass is 16.1. The molecule has 0 fully saturated rings. The lowest BCUT2D eigenvalue weighted by atomic mass is 9.99. The highest BCUT2D eigenvalue weighted by Crippen LogP contribution is 2.15. The van der Waals surface area contributed by atoms with E-state index in [9.17, 15) is 4.79 Å². The third kappa shape index (κ3) is 2.32. The first-order valence-corrected chi connectivity index (χ1v) is 4.95. The van der Waals surface area contributed by atoms with Gasteiger partial charge in [0.25, 0.3) is 0 Å². The van der Waals surface area contributed by atoms with Crippen LogP contribution in [-0.2, 0) is 6.42 Å². The third-order valence-corrected chi connectivity index (χ3v) is 2.29. The van der Waals surface area contributed by atoms with Crippen molar-refractivity contribution in [2.75, 3.05) is 0 Å². The van der Waals surface area contributed by atoms with Crippen molar-refractivity contribution in [2.24, 2.45) is 0 Å². The van der Waals surface area contributed by atoms with E-state index in [1.54, 1.807) is 6.92 Å². The molecule has 74 valence electrons. The SMILES string of the molecule is C=Cc1cc(C(C)=O)ccc1CCC. The van der Waals surface area contributed by atoms with Crippen LogP contribution < -0.4 is 0 Å². The fraction of sp³-hybridized carbons (Fsp3) is 0.308. The lowest BCUT2D eigenvalue weighted by molar-refractivity contribution is 0.101. The van der Waals surface area contributed by atoms with Gasteiger partial charge in [-0.05, 0) is 30.5 Å². The molecule has 0 aliphatic carbocycles. The zero-order chi connectivity index (χ0) is 10.6. The minimum atomic E-state index is 0.108. The zero-order valence-corrected chi connectivity index (χ0v) is 8.84. The van der Waals surface area contributed by atoms with Gasteiger partial charge in [0, 0.05) is 5.56 Å². The molecule has 1 aromatic carbocycles. The highest BCUT2D eigenvalue weighted by molar-refractivity contribution is 5.94. The van der Waals surface area contributed by atoms with Crippen LogP contribution in [0.4, 0.5) is 0 Å². The lowest BCUT2D eigenvalue weighted by Crippen LogP contribution is -1.95. The third-order valence-electron chi connectivity index (χ3n) is 2.29. The quantitative estimate of drug-likeness (QED) is 0.661. The van der Waals surface area contributed by atoms with Crippen molar-refractivity contribution in [1.82, 2.24) is 0 Å². The van der Waals surface area contributed by atoms with Crippen LogP contribution in [-0.4, -0.2) is 5.78 Å². The van der Waals surface area contributed by atoms with Gasteiger partial charge in [-0.15, -0.1) is 0 Å². The maximum absolute atomic E-state index is 11.1. The average molecular weight is 188 g/mol. The Morgan fingerprint density at radius 1 is 1.50 bits per heavy atom. The second-order valence-electron chi connectivity index (χ2n) is 3.42. The number of ketones is 1. The summed E-state index contributed by atoms with van der Waals surface area (Å²) in [5.41, 5.74) is 3.12. The fourth-order valence-corrected chi connectivity index (χ4v) is 1.50. The summed E-state index contributed by atoms with van der Waals surface area (Å²) < 4.78 is 0. The van der Waals surface area contributed by atoms with E-state index < -0.39 is 0 Å². The summed E-state index contributed by atoms with van der Waals surface area (Å²) in [5.74, 6) is 0.108. The van der Waals surface area contributed by atoms with Crippen LogP contribution in [0.5, 0.6) is 0 Å². The summed E-state index contributed by atoms with van der Waals surface area (Å²) in [7, 11) is 0. The topological polar surface area (TPSA) is 17.1 Å². The number of benzene rings is 1. The largest absolute Gasteiger partial charge is 0.295 e. The van der Waals surface area contributed by atoms with Gasteiger partial charge in [0.05, 0.1) is 0 Å². The molecule has 0 bridgehead atoms. The molecule has 0 aliphatic heterocycles. The summed E-state index contributed by atoms with van der Waals surface area (Å²) in [6, 6.07) is 5.83. The molecule has 1 rings (SSSR count). The van der Waals surface area contributed by atoms with Gasteiger partial charge in [-0.1, -0.05) is 38.1 Å². The van der Waals surface area contributed by atoms with Crippen molar-refractivity contribution in [2.45, 2.75) is 26.7 Å². The Bertz CT molecular complexity index is 350. The van der Waals surface area contributed by atoms with E-state index in [0.717, 1.165) is 24.0 Å². The monoisotopic (exact) mass is 188 g/mol. The molecule has 0 spiro atoms. The number of Topliss-reactive ketones (excluding diaryl/α,β-unsaturated/α-hetero) is 1. The van der Waals surface area contributed by atoms with Gasteiger partial charge in [0.15, 0.2) is 5.78 Å². The molecule has 1 aromatic rings. The molecule has 0 heterocycles. The molecule has 0 aromatic heterocycles. The van der Waals surface area contributed by atoms with Crippen molar-refractivity contribution in [3.63, 3.8) is 0 Å². The highest BCUT2D eigenvalue weighted by Gasteiger charge is 2.03. The van der Waals surface area contributed by atoms with Crippen LogP contribution in [0.15, 0.2) is 24.8 Å². The lowest BCUT2D eigenvalue weighted by Gasteiger charge is -2.06. The summed E-state index contributed by atoms with van der Waals surface area (Å²) >= 11 is 0. The summed E-state index contributed by atoms with van der Waals surface area (Å²) in [5, 5.41) is 0. The molecule has 1 heteroatoms. The Balaban J connectivity index is 3.11. The van der Waals surface area contributed by atoms with Crippen LogP contribution in [0.3, 0.4) is 0 Å². The first-order chi connectivity index (χ1) is 6.69. The molecule has 0 unspecified atom stereocenters. The van der Waals surface area contributed by atoms with Gasteiger partial charge in [-0.3, -0.25) is 4.79 Å². The number of hydrogen-bond donors (Lipinski definition) is 0. The number of hydrogen-bond acceptors (Lipinski definition) is 1. The average Bonchev–Trinajstić information content (AvgIpc) is 2.18. The van der Waals surface area contributed by atoms with Crippen LogP contribution in [0.2, 0.25) is 0 Å². The molecule has 1 nitrogen and oxygen atoms in total. The van der Waals surface area contributed by atoms with E-state index in [-0.39, 0.29) is 5.78 Å². The summed E-state index contributed by atoms with van der Waals surface area (Å²) in [6.45, 7) is 7.49. The van der Waals surface area contributed by atoms with Gasteiger partial charge in [0.2, 0.25) is 0 Å². The van der Waals surface area contributed by atoms with E-state index in [0.29, 0.717) is 0 Å². The molecule has 14 heavy (non-hydrogen) atoms. The zero-order valence-electron chi connectivity index (χ0n) is 8.84. The standard InChI is InChI=1S/C13H16O/c1-4-6-12-7-8-13(10(3)14)9-11(12)5-2/h5,7-9H,2,4,6H2,1,3H3. The Hall–Kier alpha value is -1.37. The van der Waals surface area contributed by atoms with Gasteiger partial charge < -0.3 is 0 Å². The number of carbonyl (C=O) groups is 1. The maximum atomic E-state index is 11.1. The first kappa shape index (κ1) is 10.7. The fourth-order valence-electron chi connectivity index (χ4n) is 1.50. The Morgan fingerprint density at radius 3 is 2.71 bits per heavy atom. The Kier molecular flexibility index (Phi) is 3.63. The van der Waals surface area contributed by atoms with E-state index in [1.807, 2.05) is 24.3 Å². The van der Waals surface area contributed by atoms with Crippen LogP contribution in [0.1, 0.15) is 41.8 Å². The first-order valence-electron chi connectivity index (χ1n) is 4.95. The molecule has 0 N–H and O–H groups in total. The second kappa shape index (κ2) is 4.75. The predicted molar refractivity (Wildman–Crippen MR) is 60.5 cm³/mol. The molecular weight excluding hydrogens is 172 g/mol. The van der Waals surface area contributed by atoms with E-state index in [2.05, 4.69) is 13.5 Å². The predicted octanol–water partition coefficient (Wildman–Crippen LogP) is 3.48. The van der Waals surface area contributed by atoms with E-state index in [1.165, 1.54) is 5.56 Å². The van der Waals surface area contributed by atoms with Crippen molar-refractivity contribution in [1.29, 1.82) is 0 Å². The normalized spacial score (nSPS) is 9.86. The molecule has 0 saturated carbocycles. The van der Waals surface area contributed by atoms with E-state index >= 15 is 0 Å². The van der Waals surface area contributed by atoms with Gasteiger partial charge >= 0.3 is 0 Å². The van der Waals surface area contributed by atoms with Crippen LogP contribution in [0, 0.1) is 0 Å². The molecular formula is C13H16O. The number of carbonyl (C=O) groups excluding carboxylic acids is 1. The number of aryl methyl sites for hydroxylation is 1. The number of rotatable bonds is 4. The second-order valence-corrected chi connectivity index (χ2v) is 3.42. The minimum Gasteiger partial charge on any atom is -0.295 e.